The number of hydrogen-bond donors (Lipinski definition) is 1. The quantitative estimate of drug-likeness (QED) is 0.746. The van der Waals surface area contributed by atoms with E-state index in [0.29, 0.717) is 0 Å². The maximum absolute atomic E-state index is 3.96. The molecule has 0 fully saturated rings. The summed E-state index contributed by atoms with van der Waals surface area (Å²) in [5, 5.41) is 10.8. The van der Waals surface area contributed by atoms with Gasteiger partial charge in [0.1, 0.15) is 0 Å². The molecule has 0 amide bonds. The molecule has 0 aliphatic heterocycles. The van der Waals surface area contributed by atoms with Gasteiger partial charge in [0.15, 0.2) is 5.82 Å². The molecule has 2 rings (SSSR count). The van der Waals surface area contributed by atoms with E-state index in [-0.39, 0.29) is 0 Å². The van der Waals surface area contributed by atoms with Crippen LogP contribution >= 0.6 is 0 Å². The summed E-state index contributed by atoms with van der Waals surface area (Å²) in [6.45, 7) is 0. The Morgan fingerprint density at radius 1 is 1.23 bits per heavy atom. The van der Waals surface area contributed by atoms with Gasteiger partial charge in [-0.1, -0.05) is 23.4 Å². The molecule has 13 heavy (non-hydrogen) atoms. The minimum atomic E-state index is 0.767. The first-order valence-electron chi connectivity index (χ1n) is 4.05. The molecule has 0 aliphatic rings. The molecule has 2 aromatic rings. The lowest BCUT2D eigenvalue weighted by Gasteiger charge is -1.96. The first kappa shape index (κ1) is 7.79. The van der Waals surface area contributed by atoms with E-state index >= 15 is 0 Å². The lowest BCUT2D eigenvalue weighted by molar-refractivity contribution is 0.804. The minimum absolute atomic E-state index is 0.767. The normalized spacial score (nSPS) is 9.92. The SMILES string of the molecule is CNc1cn(-c2ccccc2)nn1. The van der Waals surface area contributed by atoms with Gasteiger partial charge in [-0.2, -0.15) is 0 Å². The van der Waals surface area contributed by atoms with Crippen LogP contribution in [0, 0.1) is 0 Å². The van der Waals surface area contributed by atoms with E-state index in [0.717, 1.165) is 11.5 Å². The van der Waals surface area contributed by atoms with Gasteiger partial charge in [-0.15, -0.1) is 5.10 Å². The summed E-state index contributed by atoms with van der Waals surface area (Å²) in [4.78, 5) is 0. The molecule has 1 aromatic heterocycles. The second kappa shape index (κ2) is 3.26. The van der Waals surface area contributed by atoms with Crippen molar-refractivity contribution >= 4 is 5.82 Å². The third-order valence-electron chi connectivity index (χ3n) is 1.77. The lowest BCUT2D eigenvalue weighted by atomic mass is 10.3. The highest BCUT2D eigenvalue weighted by Gasteiger charge is 1.98. The van der Waals surface area contributed by atoms with Crippen molar-refractivity contribution in [1.82, 2.24) is 15.0 Å². The number of rotatable bonds is 2. The van der Waals surface area contributed by atoms with Crippen LogP contribution in [0.25, 0.3) is 5.69 Å². The zero-order chi connectivity index (χ0) is 9.10. The van der Waals surface area contributed by atoms with Crippen LogP contribution in [0.1, 0.15) is 0 Å². The number of hydrogen-bond acceptors (Lipinski definition) is 3. The van der Waals surface area contributed by atoms with Crippen LogP contribution in [0.2, 0.25) is 0 Å². The van der Waals surface area contributed by atoms with Crippen LogP contribution in [0.4, 0.5) is 5.82 Å². The van der Waals surface area contributed by atoms with Crippen molar-refractivity contribution < 1.29 is 0 Å². The van der Waals surface area contributed by atoms with Gasteiger partial charge in [0.05, 0.1) is 11.9 Å². The molecule has 0 unspecified atom stereocenters. The van der Waals surface area contributed by atoms with Crippen LogP contribution in [-0.4, -0.2) is 22.0 Å². The molecule has 66 valence electrons. The van der Waals surface area contributed by atoms with Gasteiger partial charge in [-0.25, -0.2) is 4.68 Å². The lowest BCUT2D eigenvalue weighted by Crippen LogP contribution is -1.93. The van der Waals surface area contributed by atoms with Crippen molar-refractivity contribution in [2.24, 2.45) is 0 Å². The predicted octanol–water partition coefficient (Wildman–Crippen LogP) is 1.31. The van der Waals surface area contributed by atoms with E-state index < -0.39 is 0 Å². The molecular formula is C9H10N4. The molecule has 0 spiro atoms. The van der Waals surface area contributed by atoms with Gasteiger partial charge in [-0.3, -0.25) is 0 Å². The fourth-order valence-electron chi connectivity index (χ4n) is 1.09. The van der Waals surface area contributed by atoms with Crippen LogP contribution in [0.5, 0.6) is 0 Å². The predicted molar refractivity (Wildman–Crippen MR) is 50.9 cm³/mol. The fraction of sp³-hybridized carbons (Fsp3) is 0.111. The van der Waals surface area contributed by atoms with E-state index in [1.54, 1.807) is 4.68 Å². The molecule has 4 nitrogen and oxygen atoms in total. The Hall–Kier alpha value is -1.84. The Kier molecular flexibility index (Phi) is 1.96. The number of nitrogens with zero attached hydrogens (tertiary/aromatic N) is 3. The van der Waals surface area contributed by atoms with Crippen LogP contribution < -0.4 is 5.32 Å². The van der Waals surface area contributed by atoms with Gasteiger partial charge in [-0.05, 0) is 12.1 Å². The van der Waals surface area contributed by atoms with E-state index in [4.69, 9.17) is 0 Å². The largest absolute Gasteiger partial charge is 0.370 e. The van der Waals surface area contributed by atoms with Crippen molar-refractivity contribution in [1.29, 1.82) is 0 Å². The Morgan fingerprint density at radius 3 is 2.62 bits per heavy atom. The summed E-state index contributed by atoms with van der Waals surface area (Å²) < 4.78 is 1.73. The highest BCUT2D eigenvalue weighted by Crippen LogP contribution is 2.07. The van der Waals surface area contributed by atoms with Crippen molar-refractivity contribution in [3.05, 3.63) is 36.5 Å². The molecule has 0 radical (unpaired) electrons. The first-order chi connectivity index (χ1) is 6.40. The molecule has 0 atom stereocenters. The van der Waals surface area contributed by atoms with E-state index in [1.807, 2.05) is 43.6 Å². The Labute approximate surface area is 76.2 Å². The van der Waals surface area contributed by atoms with Crippen molar-refractivity contribution in [2.75, 3.05) is 12.4 Å². The molecule has 1 N–H and O–H groups in total. The number of benzene rings is 1. The third-order valence-corrected chi connectivity index (χ3v) is 1.77. The summed E-state index contributed by atoms with van der Waals surface area (Å²) in [6, 6.07) is 9.87. The summed E-state index contributed by atoms with van der Waals surface area (Å²) in [5.74, 6) is 0.767. The van der Waals surface area contributed by atoms with E-state index in [1.165, 1.54) is 0 Å². The Bertz CT molecular complexity index is 380. The minimum Gasteiger partial charge on any atom is -0.370 e. The second-order valence-electron chi connectivity index (χ2n) is 2.63. The molecule has 0 saturated carbocycles. The zero-order valence-electron chi connectivity index (χ0n) is 7.31. The summed E-state index contributed by atoms with van der Waals surface area (Å²) in [7, 11) is 1.82. The Morgan fingerprint density at radius 2 is 2.00 bits per heavy atom. The molecule has 4 heteroatoms. The maximum Gasteiger partial charge on any atom is 0.168 e. The maximum atomic E-state index is 3.96. The van der Waals surface area contributed by atoms with E-state index in [9.17, 15) is 0 Å². The second-order valence-corrected chi connectivity index (χ2v) is 2.63. The zero-order valence-corrected chi connectivity index (χ0v) is 7.31. The third kappa shape index (κ3) is 1.51. The summed E-state index contributed by atoms with van der Waals surface area (Å²) in [6.07, 6.45) is 1.84. The van der Waals surface area contributed by atoms with Gasteiger partial charge < -0.3 is 5.32 Å². The first-order valence-corrected chi connectivity index (χ1v) is 4.05. The van der Waals surface area contributed by atoms with Gasteiger partial charge in [0.25, 0.3) is 0 Å². The number of aromatic nitrogens is 3. The molecule has 1 heterocycles. The van der Waals surface area contributed by atoms with Crippen molar-refractivity contribution in [2.45, 2.75) is 0 Å². The molecular weight excluding hydrogens is 164 g/mol. The average Bonchev–Trinajstić information content (AvgIpc) is 2.67. The highest BCUT2D eigenvalue weighted by atomic mass is 15.4. The number of para-hydroxylation sites is 1. The monoisotopic (exact) mass is 174 g/mol. The fourth-order valence-corrected chi connectivity index (χ4v) is 1.09. The molecule has 0 saturated heterocycles. The molecule has 0 bridgehead atoms. The van der Waals surface area contributed by atoms with Crippen LogP contribution in [0.15, 0.2) is 36.5 Å². The molecule has 0 aliphatic carbocycles. The number of nitrogens with one attached hydrogen (secondary N) is 1. The summed E-state index contributed by atoms with van der Waals surface area (Å²) in [5.41, 5.74) is 1.01. The standard InChI is InChI=1S/C9H10N4/c1-10-9-7-13(12-11-9)8-5-3-2-4-6-8/h2-7,10H,1H3. The van der Waals surface area contributed by atoms with Crippen molar-refractivity contribution in [3.63, 3.8) is 0 Å². The highest BCUT2D eigenvalue weighted by molar-refractivity contribution is 5.35. The molecule has 1 aromatic carbocycles. The smallest absolute Gasteiger partial charge is 0.168 e. The number of anilines is 1. The average molecular weight is 174 g/mol. The Balaban J connectivity index is 2.36. The summed E-state index contributed by atoms with van der Waals surface area (Å²) >= 11 is 0. The van der Waals surface area contributed by atoms with Crippen LogP contribution in [0.3, 0.4) is 0 Å². The van der Waals surface area contributed by atoms with Crippen molar-refractivity contribution in [3.8, 4) is 5.69 Å². The topological polar surface area (TPSA) is 42.7 Å². The van der Waals surface area contributed by atoms with Crippen LogP contribution in [-0.2, 0) is 0 Å². The van der Waals surface area contributed by atoms with Gasteiger partial charge in [0, 0.05) is 7.05 Å². The van der Waals surface area contributed by atoms with Gasteiger partial charge >= 0.3 is 0 Å². The van der Waals surface area contributed by atoms with E-state index in [2.05, 4.69) is 15.6 Å². The van der Waals surface area contributed by atoms with Gasteiger partial charge in [0.2, 0.25) is 0 Å².